The van der Waals surface area contributed by atoms with Crippen molar-refractivity contribution in [2.45, 2.75) is 36.4 Å². The summed E-state index contributed by atoms with van der Waals surface area (Å²) in [6, 6.07) is 7.16. The van der Waals surface area contributed by atoms with E-state index in [0.717, 1.165) is 44.4 Å². The van der Waals surface area contributed by atoms with Crippen LogP contribution in [0.25, 0.3) is 11.1 Å². The highest BCUT2D eigenvalue weighted by molar-refractivity contribution is 8.08. The van der Waals surface area contributed by atoms with E-state index in [9.17, 15) is 0 Å². The van der Waals surface area contributed by atoms with Gasteiger partial charge >= 0.3 is 0 Å². The number of aromatic nitrogens is 1. The van der Waals surface area contributed by atoms with Crippen LogP contribution in [0.5, 0.6) is 0 Å². The minimum Gasteiger partial charge on any atom is -0.385 e. The van der Waals surface area contributed by atoms with Gasteiger partial charge in [0, 0.05) is 61.2 Å². The predicted octanol–water partition coefficient (Wildman–Crippen LogP) is 2.75. The standard InChI is InChI=1S/C22H29N3OS2/c1-4-6-18-13-19-21(25-11-10-24(2)17(14-25)8-12-26-3)20-16(7-5-9-23-20)15-27-22(19)28-18/h5,7,9,13,15,17H,4,6,8,10-12,14H2,1-3H3. The van der Waals surface area contributed by atoms with Crippen LogP contribution >= 0.6 is 23.1 Å². The Labute approximate surface area is 175 Å². The van der Waals surface area contributed by atoms with Gasteiger partial charge < -0.3 is 9.64 Å². The van der Waals surface area contributed by atoms with Crippen LogP contribution in [0.2, 0.25) is 0 Å². The lowest BCUT2D eigenvalue weighted by Gasteiger charge is -2.41. The summed E-state index contributed by atoms with van der Waals surface area (Å²) in [4.78, 5) is 11.4. The largest absolute Gasteiger partial charge is 0.385 e. The van der Waals surface area contributed by atoms with Crippen LogP contribution in [-0.2, 0) is 11.2 Å². The Morgan fingerprint density at radius 3 is 3.04 bits per heavy atom. The number of hydrogen-bond acceptors (Lipinski definition) is 6. The summed E-state index contributed by atoms with van der Waals surface area (Å²) >= 11 is 3.81. The number of pyridine rings is 1. The molecule has 2 aromatic rings. The molecule has 4 rings (SSSR count). The van der Waals surface area contributed by atoms with E-state index in [4.69, 9.17) is 9.72 Å². The van der Waals surface area contributed by atoms with Gasteiger partial charge in [-0.25, -0.2) is 0 Å². The number of rotatable bonds is 6. The van der Waals surface area contributed by atoms with Gasteiger partial charge in [0.1, 0.15) is 0 Å². The lowest BCUT2D eigenvalue weighted by Crippen LogP contribution is -2.52. The minimum atomic E-state index is 0.505. The van der Waals surface area contributed by atoms with Gasteiger partial charge in [-0.05, 0) is 37.4 Å². The smallest absolute Gasteiger partial charge is 0.0947 e. The zero-order valence-electron chi connectivity index (χ0n) is 17.0. The maximum Gasteiger partial charge on any atom is 0.0947 e. The third kappa shape index (κ3) is 4.01. The molecule has 0 N–H and O–H groups in total. The van der Waals surface area contributed by atoms with Crippen molar-refractivity contribution in [1.29, 1.82) is 0 Å². The number of aryl methyl sites for hydroxylation is 1. The lowest BCUT2D eigenvalue weighted by molar-refractivity contribution is 0.0959. The summed E-state index contributed by atoms with van der Waals surface area (Å²) in [7, 11) is 4.03. The number of fused-ring (bicyclic) bond motifs is 2. The quantitative estimate of drug-likeness (QED) is 0.724. The van der Waals surface area contributed by atoms with Crippen LogP contribution in [-0.4, -0.2) is 61.2 Å². The molecule has 0 radical (unpaired) electrons. The van der Waals surface area contributed by atoms with Crippen molar-refractivity contribution in [2.24, 2.45) is 0 Å². The molecule has 1 fully saturated rings. The second-order valence-electron chi connectivity index (χ2n) is 7.55. The monoisotopic (exact) mass is 415 g/mol. The highest BCUT2D eigenvalue weighted by Gasteiger charge is 2.29. The SMILES string of the molecule is CCCc1cc2c(s1)SC=c1cccnc1=C2N1CCN(C)C(CCOC)C1. The Morgan fingerprint density at radius 1 is 1.32 bits per heavy atom. The first-order valence-corrected chi connectivity index (χ1v) is 11.8. The summed E-state index contributed by atoms with van der Waals surface area (Å²) in [5, 5.41) is 4.64. The molecule has 0 saturated carbocycles. The highest BCUT2D eigenvalue weighted by Crippen LogP contribution is 2.39. The minimum absolute atomic E-state index is 0.505. The molecule has 2 aliphatic rings. The first-order valence-electron chi connectivity index (χ1n) is 10.1. The van der Waals surface area contributed by atoms with Crippen molar-refractivity contribution in [3.05, 3.63) is 45.4 Å². The predicted molar refractivity (Wildman–Crippen MR) is 119 cm³/mol. The lowest BCUT2D eigenvalue weighted by atomic mass is 10.1. The summed E-state index contributed by atoms with van der Waals surface area (Å²) in [6.07, 6.45) is 5.33. The van der Waals surface area contributed by atoms with E-state index in [-0.39, 0.29) is 0 Å². The van der Waals surface area contributed by atoms with Crippen molar-refractivity contribution >= 4 is 34.2 Å². The van der Waals surface area contributed by atoms with Crippen molar-refractivity contribution in [2.75, 3.05) is 40.4 Å². The van der Waals surface area contributed by atoms with E-state index < -0.39 is 0 Å². The fourth-order valence-corrected chi connectivity index (χ4v) is 6.39. The number of likely N-dealkylation sites (N-methyl/N-ethyl adjacent to an activating group) is 1. The number of methoxy groups -OCH3 is 1. The van der Waals surface area contributed by atoms with Crippen LogP contribution < -0.4 is 10.6 Å². The zero-order valence-corrected chi connectivity index (χ0v) is 18.6. The molecule has 1 unspecified atom stereocenters. The average molecular weight is 416 g/mol. The van der Waals surface area contributed by atoms with Gasteiger partial charge in [0.15, 0.2) is 0 Å². The molecule has 0 aliphatic carbocycles. The summed E-state index contributed by atoms with van der Waals surface area (Å²) in [5.41, 5.74) is 2.70. The maximum atomic E-state index is 5.37. The van der Waals surface area contributed by atoms with Crippen molar-refractivity contribution in [3.8, 4) is 0 Å². The molecule has 1 saturated heterocycles. The molecule has 1 atom stereocenters. The molecule has 2 aliphatic heterocycles. The zero-order chi connectivity index (χ0) is 19.5. The van der Waals surface area contributed by atoms with Gasteiger partial charge in [-0.3, -0.25) is 9.88 Å². The first kappa shape index (κ1) is 20.0. The summed E-state index contributed by atoms with van der Waals surface area (Å²) < 4.78 is 6.77. The number of piperazine rings is 1. The second kappa shape index (κ2) is 8.99. The molecule has 0 amide bonds. The van der Waals surface area contributed by atoms with Crippen molar-refractivity contribution < 1.29 is 4.74 Å². The van der Waals surface area contributed by atoms with E-state index in [2.05, 4.69) is 41.3 Å². The molecule has 4 nitrogen and oxygen atoms in total. The number of hydrogen-bond donors (Lipinski definition) is 0. The van der Waals surface area contributed by atoms with Crippen LogP contribution in [0.4, 0.5) is 0 Å². The van der Waals surface area contributed by atoms with Crippen LogP contribution in [0.3, 0.4) is 0 Å². The molecule has 6 heteroatoms. The highest BCUT2D eigenvalue weighted by atomic mass is 32.2. The fourth-order valence-electron chi connectivity index (χ4n) is 4.04. The van der Waals surface area contributed by atoms with E-state index >= 15 is 0 Å². The summed E-state index contributed by atoms with van der Waals surface area (Å²) in [5.74, 6) is 0. The molecule has 150 valence electrons. The number of thiophene rings is 1. The Hall–Kier alpha value is -1.34. The van der Waals surface area contributed by atoms with Gasteiger partial charge in [-0.15, -0.1) is 11.3 Å². The molecule has 0 bridgehead atoms. The van der Waals surface area contributed by atoms with Gasteiger partial charge in [0.05, 0.1) is 15.3 Å². The normalized spacial score (nSPS) is 19.8. The van der Waals surface area contributed by atoms with Crippen molar-refractivity contribution in [1.82, 2.24) is 14.8 Å². The fraction of sp³-hybridized carbons (Fsp3) is 0.500. The third-order valence-electron chi connectivity index (χ3n) is 5.61. The molecule has 4 heterocycles. The maximum absolute atomic E-state index is 5.37. The topological polar surface area (TPSA) is 28.6 Å². The van der Waals surface area contributed by atoms with E-state index in [1.165, 1.54) is 32.0 Å². The molecule has 0 aromatic carbocycles. The van der Waals surface area contributed by atoms with Crippen LogP contribution in [0, 0.1) is 0 Å². The van der Waals surface area contributed by atoms with E-state index in [1.807, 2.05) is 35.4 Å². The summed E-state index contributed by atoms with van der Waals surface area (Å²) in [6.45, 7) is 6.19. The Bertz CT molecular complexity index is 939. The van der Waals surface area contributed by atoms with Gasteiger partial charge in [-0.1, -0.05) is 31.2 Å². The van der Waals surface area contributed by atoms with Crippen molar-refractivity contribution in [3.63, 3.8) is 0 Å². The molecular weight excluding hydrogens is 386 g/mol. The number of thioether (sulfide) groups is 1. The van der Waals surface area contributed by atoms with Crippen LogP contribution in [0.1, 0.15) is 30.2 Å². The van der Waals surface area contributed by atoms with Gasteiger partial charge in [0.25, 0.3) is 0 Å². The average Bonchev–Trinajstić information content (AvgIpc) is 3.03. The molecule has 0 spiro atoms. The molecule has 2 aromatic heterocycles. The third-order valence-corrected chi connectivity index (χ3v) is 7.94. The van der Waals surface area contributed by atoms with Gasteiger partial charge in [-0.2, -0.15) is 0 Å². The van der Waals surface area contributed by atoms with E-state index in [0.29, 0.717) is 6.04 Å². The number of ether oxygens (including phenoxy) is 1. The number of nitrogens with zero attached hydrogens (tertiary/aromatic N) is 3. The molecule has 28 heavy (non-hydrogen) atoms. The molecular formula is C22H29N3OS2. The second-order valence-corrected chi connectivity index (χ2v) is 9.83. The van der Waals surface area contributed by atoms with Gasteiger partial charge in [0.2, 0.25) is 0 Å². The Morgan fingerprint density at radius 2 is 2.21 bits per heavy atom. The Kier molecular flexibility index (Phi) is 6.41. The Balaban J connectivity index is 1.79. The first-order chi connectivity index (χ1) is 13.7. The van der Waals surface area contributed by atoms with Crippen LogP contribution in [0.15, 0.2) is 28.6 Å². The van der Waals surface area contributed by atoms with E-state index in [1.54, 1.807) is 7.11 Å².